The number of carbonyl (C=O) groups is 3. The highest BCUT2D eigenvalue weighted by Gasteiger charge is 2.18. The van der Waals surface area contributed by atoms with Crippen molar-refractivity contribution in [1.82, 2.24) is 0 Å². The lowest BCUT2D eigenvalue weighted by atomic mass is 10.0. The van der Waals surface area contributed by atoms with Gasteiger partial charge in [0.2, 0.25) is 0 Å². The number of hydrogen-bond acceptors (Lipinski definition) is 4. The van der Waals surface area contributed by atoms with E-state index in [1.807, 2.05) is 0 Å². The van der Waals surface area contributed by atoms with E-state index in [0.717, 1.165) is 0 Å². The molecule has 0 saturated heterocycles. The van der Waals surface area contributed by atoms with E-state index in [9.17, 15) is 14.4 Å². The molecule has 0 aliphatic heterocycles. The lowest BCUT2D eigenvalue weighted by molar-refractivity contribution is -0.144. The highest BCUT2D eigenvalue weighted by Crippen LogP contribution is 2.36. The molecule has 22 heavy (non-hydrogen) atoms. The molecule has 0 fully saturated rings. The fraction of sp³-hybridized carbons (Fsp3) is 0.267. The molecule has 7 heteroatoms. The van der Waals surface area contributed by atoms with Crippen molar-refractivity contribution in [3.8, 4) is 5.75 Å². The van der Waals surface area contributed by atoms with Gasteiger partial charge in [0.05, 0.1) is 10.6 Å². The molecule has 0 spiro atoms. The number of aliphatic carboxylic acids is 1. The molecule has 1 aromatic carbocycles. The Bertz CT molecular complexity index is 648. The van der Waals surface area contributed by atoms with Crippen molar-refractivity contribution in [3.05, 3.63) is 33.3 Å². The van der Waals surface area contributed by atoms with Crippen LogP contribution in [0.1, 0.15) is 26.3 Å². The van der Waals surface area contributed by atoms with E-state index in [2.05, 4.69) is 0 Å². The summed E-state index contributed by atoms with van der Waals surface area (Å²) < 4.78 is 5.17. The van der Waals surface area contributed by atoms with Crippen molar-refractivity contribution in [2.24, 2.45) is 0 Å². The van der Waals surface area contributed by atoms with E-state index in [0.29, 0.717) is 5.56 Å². The first-order valence-corrected chi connectivity index (χ1v) is 7.01. The van der Waals surface area contributed by atoms with Crippen molar-refractivity contribution in [2.75, 3.05) is 0 Å². The van der Waals surface area contributed by atoms with Crippen molar-refractivity contribution < 1.29 is 24.2 Å². The van der Waals surface area contributed by atoms with Gasteiger partial charge in [-0.25, -0.2) is 4.79 Å². The molecule has 5 nitrogen and oxygen atoms in total. The lowest BCUT2D eigenvalue weighted by Crippen LogP contribution is -2.23. The highest BCUT2D eigenvalue weighted by atomic mass is 35.5. The summed E-state index contributed by atoms with van der Waals surface area (Å²) in [6.45, 7) is 3.90. The van der Waals surface area contributed by atoms with E-state index in [1.54, 1.807) is 0 Å². The number of halogens is 2. The number of carbonyl (C=O) groups excluding carboxylic acids is 2. The Labute approximate surface area is 137 Å². The standard InChI is InChI=1S/C15H14Cl2O5/c1-7(18)11(8(2)19)6-10-4-5-12(14(17)13(10)16)22-9(3)15(20)21/h4-6,9H,1-3H3,(H,20,21). The molecule has 1 aromatic rings. The van der Waals surface area contributed by atoms with Crippen LogP contribution in [0.2, 0.25) is 10.0 Å². The van der Waals surface area contributed by atoms with E-state index in [1.165, 1.54) is 39.0 Å². The van der Waals surface area contributed by atoms with E-state index < -0.39 is 12.1 Å². The smallest absolute Gasteiger partial charge is 0.344 e. The molecular formula is C15H14Cl2O5. The zero-order chi connectivity index (χ0) is 17.0. The third kappa shape index (κ3) is 4.32. The molecule has 0 aliphatic rings. The van der Waals surface area contributed by atoms with Gasteiger partial charge < -0.3 is 9.84 Å². The average Bonchev–Trinajstić information content (AvgIpc) is 2.42. The van der Waals surface area contributed by atoms with Crippen molar-refractivity contribution in [3.63, 3.8) is 0 Å². The molecule has 1 atom stereocenters. The zero-order valence-corrected chi connectivity index (χ0v) is 13.7. The zero-order valence-electron chi connectivity index (χ0n) is 12.1. The number of carboxylic acid groups (broad SMARTS) is 1. The number of rotatable bonds is 6. The van der Waals surface area contributed by atoms with E-state index in [-0.39, 0.29) is 32.9 Å². The number of carboxylic acids is 1. The van der Waals surface area contributed by atoms with Gasteiger partial charge in [-0.2, -0.15) is 0 Å². The first-order valence-electron chi connectivity index (χ1n) is 6.26. The maximum Gasteiger partial charge on any atom is 0.344 e. The third-order valence-electron chi connectivity index (χ3n) is 2.79. The molecule has 0 saturated carbocycles. The van der Waals surface area contributed by atoms with Crippen molar-refractivity contribution >= 4 is 46.8 Å². The molecule has 1 unspecified atom stereocenters. The van der Waals surface area contributed by atoms with Gasteiger partial charge in [-0.15, -0.1) is 0 Å². The van der Waals surface area contributed by atoms with Gasteiger partial charge in [-0.1, -0.05) is 23.2 Å². The second kappa shape index (κ2) is 7.42. The Hall–Kier alpha value is -1.85. The van der Waals surface area contributed by atoms with Crippen LogP contribution in [0.15, 0.2) is 17.7 Å². The lowest BCUT2D eigenvalue weighted by Gasteiger charge is -2.13. The number of hydrogen-bond donors (Lipinski definition) is 1. The molecule has 0 bridgehead atoms. The fourth-order valence-electron chi connectivity index (χ4n) is 1.60. The number of Topliss-reactive ketones (excluding diaryl/α,β-unsaturated/α-hetero) is 2. The van der Waals surface area contributed by atoms with Crippen LogP contribution in [0.3, 0.4) is 0 Å². The summed E-state index contributed by atoms with van der Waals surface area (Å²) in [5.74, 6) is -1.82. The van der Waals surface area contributed by atoms with Crippen LogP contribution in [0, 0.1) is 0 Å². The normalized spacial score (nSPS) is 11.5. The van der Waals surface area contributed by atoms with Gasteiger partial charge in [0.1, 0.15) is 10.8 Å². The maximum atomic E-state index is 11.4. The molecule has 0 amide bonds. The van der Waals surface area contributed by atoms with Gasteiger partial charge in [0, 0.05) is 0 Å². The van der Waals surface area contributed by atoms with Crippen LogP contribution < -0.4 is 4.74 Å². The Morgan fingerprint density at radius 3 is 2.14 bits per heavy atom. The summed E-state index contributed by atoms with van der Waals surface area (Å²) in [7, 11) is 0. The summed E-state index contributed by atoms with van der Waals surface area (Å²) in [6, 6.07) is 2.92. The second-order valence-corrected chi connectivity index (χ2v) is 5.31. The summed E-state index contributed by atoms with van der Waals surface area (Å²) in [5.41, 5.74) is 0.355. The van der Waals surface area contributed by atoms with Crippen LogP contribution in [0.25, 0.3) is 6.08 Å². The number of ether oxygens (including phenoxy) is 1. The molecule has 0 aromatic heterocycles. The summed E-state index contributed by atoms with van der Waals surface area (Å²) in [4.78, 5) is 33.6. The topological polar surface area (TPSA) is 80.7 Å². The van der Waals surface area contributed by atoms with Crippen LogP contribution in [-0.2, 0) is 14.4 Å². The summed E-state index contributed by atoms with van der Waals surface area (Å²) >= 11 is 12.1. The van der Waals surface area contributed by atoms with Crippen LogP contribution in [0.5, 0.6) is 5.75 Å². The molecule has 1 N–H and O–H groups in total. The van der Waals surface area contributed by atoms with Crippen molar-refractivity contribution in [2.45, 2.75) is 26.9 Å². The Morgan fingerprint density at radius 1 is 1.14 bits per heavy atom. The number of ketones is 2. The summed E-state index contributed by atoms with van der Waals surface area (Å²) in [5, 5.41) is 8.89. The van der Waals surface area contributed by atoms with E-state index >= 15 is 0 Å². The Morgan fingerprint density at radius 2 is 1.68 bits per heavy atom. The van der Waals surface area contributed by atoms with Gasteiger partial charge in [-0.05, 0) is 44.5 Å². The SMILES string of the molecule is CC(=O)C(=Cc1ccc(OC(C)C(=O)O)c(Cl)c1Cl)C(C)=O. The molecule has 118 valence electrons. The van der Waals surface area contributed by atoms with Crippen LogP contribution in [0.4, 0.5) is 0 Å². The molecule has 1 rings (SSSR count). The average molecular weight is 345 g/mol. The maximum absolute atomic E-state index is 11.4. The van der Waals surface area contributed by atoms with Gasteiger partial charge in [0.15, 0.2) is 17.7 Å². The third-order valence-corrected chi connectivity index (χ3v) is 3.67. The largest absolute Gasteiger partial charge is 0.479 e. The first kappa shape index (κ1) is 18.2. The number of benzene rings is 1. The monoisotopic (exact) mass is 344 g/mol. The fourth-order valence-corrected chi connectivity index (χ4v) is 2.02. The molecule has 0 radical (unpaired) electrons. The first-order chi connectivity index (χ1) is 10.1. The second-order valence-electron chi connectivity index (χ2n) is 4.55. The van der Waals surface area contributed by atoms with Crippen LogP contribution >= 0.6 is 23.2 Å². The van der Waals surface area contributed by atoms with Crippen LogP contribution in [-0.4, -0.2) is 28.7 Å². The molecule has 0 heterocycles. The molecule has 0 aliphatic carbocycles. The Balaban J connectivity index is 3.25. The minimum atomic E-state index is -1.15. The van der Waals surface area contributed by atoms with Gasteiger partial charge in [0.25, 0.3) is 0 Å². The van der Waals surface area contributed by atoms with Gasteiger partial charge >= 0.3 is 5.97 Å². The summed E-state index contributed by atoms with van der Waals surface area (Å²) in [6.07, 6.45) is 0.239. The Kier molecular flexibility index (Phi) is 6.14. The molecular weight excluding hydrogens is 331 g/mol. The van der Waals surface area contributed by atoms with E-state index in [4.69, 9.17) is 33.0 Å². The van der Waals surface area contributed by atoms with Crippen molar-refractivity contribution in [1.29, 1.82) is 0 Å². The quantitative estimate of drug-likeness (QED) is 0.485. The highest BCUT2D eigenvalue weighted by molar-refractivity contribution is 6.44. The predicted octanol–water partition coefficient (Wildman–Crippen LogP) is 3.41. The minimum Gasteiger partial charge on any atom is -0.479 e. The predicted molar refractivity (Wildman–Crippen MR) is 83.5 cm³/mol. The van der Waals surface area contributed by atoms with Gasteiger partial charge in [-0.3, -0.25) is 9.59 Å². The minimum absolute atomic E-state index is 0.00876. The number of allylic oxidation sites excluding steroid dienone is 1.